The van der Waals surface area contributed by atoms with Crippen molar-refractivity contribution >= 4 is 35.6 Å². The lowest BCUT2D eigenvalue weighted by Gasteiger charge is -2.06. The summed E-state index contributed by atoms with van der Waals surface area (Å²) in [5, 5.41) is 2.77. The Morgan fingerprint density at radius 1 is 1.47 bits per heavy atom. The zero-order valence-electron chi connectivity index (χ0n) is 9.49. The first-order valence-electron chi connectivity index (χ1n) is 5.06. The van der Waals surface area contributed by atoms with Gasteiger partial charge in [-0.25, -0.2) is 13.8 Å². The second-order valence-corrected chi connectivity index (χ2v) is 3.30. The van der Waals surface area contributed by atoms with E-state index in [1.165, 1.54) is 0 Å². The van der Waals surface area contributed by atoms with Crippen molar-refractivity contribution in [2.24, 2.45) is 10.7 Å². The predicted molar refractivity (Wildman–Crippen MR) is 77.4 cm³/mol. The van der Waals surface area contributed by atoms with Gasteiger partial charge in [-0.15, -0.1) is 24.0 Å². The Morgan fingerprint density at radius 2 is 2.18 bits per heavy atom. The number of aryl methyl sites for hydroxylation is 1. The molecule has 1 rings (SSSR count). The van der Waals surface area contributed by atoms with Crippen LogP contribution in [-0.2, 0) is 6.42 Å². The summed E-state index contributed by atoms with van der Waals surface area (Å²) in [6.45, 7) is 1.46. The van der Waals surface area contributed by atoms with Gasteiger partial charge in [-0.1, -0.05) is 19.1 Å². The van der Waals surface area contributed by atoms with Crippen molar-refractivity contribution in [2.75, 3.05) is 11.9 Å². The molecule has 0 aliphatic rings. The van der Waals surface area contributed by atoms with Gasteiger partial charge in [0.05, 0.1) is 0 Å². The van der Waals surface area contributed by atoms with Crippen molar-refractivity contribution < 1.29 is 8.78 Å². The number of nitrogens with one attached hydrogen (secondary N) is 1. The third-order valence-corrected chi connectivity index (χ3v) is 2.01. The van der Waals surface area contributed by atoms with Crippen LogP contribution in [0, 0.1) is 0 Å². The van der Waals surface area contributed by atoms with E-state index in [9.17, 15) is 8.78 Å². The number of rotatable bonds is 4. The van der Waals surface area contributed by atoms with E-state index in [0.717, 1.165) is 17.7 Å². The number of anilines is 1. The molecule has 3 nitrogen and oxygen atoms in total. The van der Waals surface area contributed by atoms with Gasteiger partial charge in [0.1, 0.15) is 6.54 Å². The summed E-state index contributed by atoms with van der Waals surface area (Å²) < 4.78 is 23.7. The zero-order chi connectivity index (χ0) is 12.0. The molecule has 6 heteroatoms. The van der Waals surface area contributed by atoms with Crippen LogP contribution >= 0.6 is 24.0 Å². The Bertz CT molecular complexity index is 369. The molecule has 0 heterocycles. The van der Waals surface area contributed by atoms with Gasteiger partial charge in [-0.3, -0.25) is 0 Å². The summed E-state index contributed by atoms with van der Waals surface area (Å²) >= 11 is 0. The van der Waals surface area contributed by atoms with Crippen LogP contribution in [0.5, 0.6) is 0 Å². The molecule has 0 aliphatic heterocycles. The summed E-state index contributed by atoms with van der Waals surface area (Å²) in [6, 6.07) is 7.58. The summed E-state index contributed by atoms with van der Waals surface area (Å²) in [7, 11) is 0. The Balaban J connectivity index is 0.00000256. The van der Waals surface area contributed by atoms with E-state index in [-0.39, 0.29) is 29.9 Å². The highest BCUT2D eigenvalue weighted by Crippen LogP contribution is 2.10. The van der Waals surface area contributed by atoms with E-state index in [4.69, 9.17) is 5.73 Å². The van der Waals surface area contributed by atoms with E-state index in [0.29, 0.717) is 0 Å². The molecular formula is C11H16F2IN3. The Kier molecular flexibility index (Phi) is 7.77. The van der Waals surface area contributed by atoms with Gasteiger partial charge >= 0.3 is 0 Å². The van der Waals surface area contributed by atoms with Crippen LogP contribution in [0.25, 0.3) is 0 Å². The molecule has 96 valence electrons. The van der Waals surface area contributed by atoms with Crippen molar-refractivity contribution in [3.63, 3.8) is 0 Å². The fourth-order valence-electron chi connectivity index (χ4n) is 1.22. The number of nitrogens with two attached hydrogens (primary N) is 1. The fraction of sp³-hybridized carbons (Fsp3) is 0.364. The molecule has 0 amide bonds. The number of nitrogens with zero attached hydrogens (tertiary/aromatic N) is 1. The standard InChI is InChI=1S/C11H15F2N3.HI/c1-2-8-4-3-5-9(6-8)16-11(14)15-7-10(12)13;/h3-6,10H,2,7H2,1H3,(H3,14,15,16);1H. The summed E-state index contributed by atoms with van der Waals surface area (Å²) in [6.07, 6.45) is -1.56. The lowest BCUT2D eigenvalue weighted by Crippen LogP contribution is -2.23. The molecule has 0 aliphatic carbocycles. The molecule has 0 aromatic heterocycles. The van der Waals surface area contributed by atoms with Gasteiger partial charge in [-0.05, 0) is 24.1 Å². The minimum atomic E-state index is -2.47. The lowest BCUT2D eigenvalue weighted by molar-refractivity contribution is 0.158. The van der Waals surface area contributed by atoms with Crippen molar-refractivity contribution in [1.29, 1.82) is 0 Å². The third-order valence-electron chi connectivity index (χ3n) is 2.01. The van der Waals surface area contributed by atoms with Crippen molar-refractivity contribution in [3.05, 3.63) is 29.8 Å². The van der Waals surface area contributed by atoms with Crippen molar-refractivity contribution in [2.45, 2.75) is 19.8 Å². The van der Waals surface area contributed by atoms with E-state index < -0.39 is 13.0 Å². The van der Waals surface area contributed by atoms with E-state index in [2.05, 4.69) is 10.3 Å². The average Bonchev–Trinajstić information content (AvgIpc) is 2.26. The highest BCUT2D eigenvalue weighted by Gasteiger charge is 2.01. The minimum Gasteiger partial charge on any atom is -0.370 e. The summed E-state index contributed by atoms with van der Waals surface area (Å²) in [5.74, 6) is 0.00792. The molecule has 0 unspecified atom stereocenters. The first kappa shape index (κ1) is 16.1. The second-order valence-electron chi connectivity index (χ2n) is 3.30. The molecule has 0 saturated heterocycles. The summed E-state index contributed by atoms with van der Waals surface area (Å²) in [4.78, 5) is 3.51. The lowest BCUT2D eigenvalue weighted by atomic mass is 10.1. The molecule has 0 fully saturated rings. The third kappa shape index (κ3) is 6.40. The first-order valence-corrected chi connectivity index (χ1v) is 5.06. The quantitative estimate of drug-likeness (QED) is 0.496. The maximum Gasteiger partial charge on any atom is 0.257 e. The molecule has 0 bridgehead atoms. The summed E-state index contributed by atoms with van der Waals surface area (Å²) in [5.41, 5.74) is 7.36. The van der Waals surface area contributed by atoms with Crippen LogP contribution in [0.4, 0.5) is 14.5 Å². The predicted octanol–water partition coefficient (Wildman–Crippen LogP) is 2.86. The van der Waals surface area contributed by atoms with Crippen LogP contribution in [0.15, 0.2) is 29.3 Å². The highest BCUT2D eigenvalue weighted by atomic mass is 127. The van der Waals surface area contributed by atoms with Crippen LogP contribution in [0.3, 0.4) is 0 Å². The van der Waals surface area contributed by atoms with Gasteiger partial charge < -0.3 is 11.1 Å². The Morgan fingerprint density at radius 3 is 2.76 bits per heavy atom. The number of benzene rings is 1. The topological polar surface area (TPSA) is 50.4 Å². The number of aliphatic imine (C=N–C) groups is 1. The number of halogens is 3. The average molecular weight is 355 g/mol. The van der Waals surface area contributed by atoms with E-state index in [1.807, 2.05) is 31.2 Å². The number of guanidine groups is 1. The van der Waals surface area contributed by atoms with Crippen molar-refractivity contribution in [1.82, 2.24) is 0 Å². The molecule has 0 saturated carbocycles. The molecular weight excluding hydrogens is 339 g/mol. The number of alkyl halides is 2. The van der Waals surface area contributed by atoms with Crippen LogP contribution < -0.4 is 11.1 Å². The number of hydrogen-bond acceptors (Lipinski definition) is 1. The SMILES string of the molecule is CCc1cccc(NC(N)=NCC(F)F)c1.I. The molecule has 0 spiro atoms. The molecule has 17 heavy (non-hydrogen) atoms. The molecule has 1 aromatic carbocycles. The normalized spacial score (nSPS) is 11.2. The van der Waals surface area contributed by atoms with Crippen LogP contribution in [-0.4, -0.2) is 18.9 Å². The maximum atomic E-state index is 11.9. The molecule has 0 atom stereocenters. The monoisotopic (exact) mass is 355 g/mol. The van der Waals surface area contributed by atoms with Crippen LogP contribution in [0.2, 0.25) is 0 Å². The Hall–Kier alpha value is -0.920. The number of hydrogen-bond donors (Lipinski definition) is 2. The van der Waals surface area contributed by atoms with Gasteiger partial charge in [0.15, 0.2) is 5.96 Å². The van der Waals surface area contributed by atoms with Gasteiger partial charge in [0, 0.05) is 5.69 Å². The van der Waals surface area contributed by atoms with Crippen LogP contribution in [0.1, 0.15) is 12.5 Å². The Labute approximate surface area is 117 Å². The van der Waals surface area contributed by atoms with Gasteiger partial charge in [-0.2, -0.15) is 0 Å². The van der Waals surface area contributed by atoms with E-state index in [1.54, 1.807) is 0 Å². The molecule has 1 aromatic rings. The first-order chi connectivity index (χ1) is 7.61. The fourth-order valence-corrected chi connectivity index (χ4v) is 1.22. The highest BCUT2D eigenvalue weighted by molar-refractivity contribution is 14.0. The molecule has 0 radical (unpaired) electrons. The minimum absolute atomic E-state index is 0. The maximum absolute atomic E-state index is 11.9. The van der Waals surface area contributed by atoms with Gasteiger partial charge in [0.25, 0.3) is 6.43 Å². The van der Waals surface area contributed by atoms with E-state index >= 15 is 0 Å². The molecule has 3 N–H and O–H groups in total. The second kappa shape index (κ2) is 8.21. The largest absolute Gasteiger partial charge is 0.370 e. The van der Waals surface area contributed by atoms with Gasteiger partial charge in [0.2, 0.25) is 0 Å². The smallest absolute Gasteiger partial charge is 0.257 e. The van der Waals surface area contributed by atoms with Crippen molar-refractivity contribution in [3.8, 4) is 0 Å². The zero-order valence-corrected chi connectivity index (χ0v) is 11.8.